The van der Waals surface area contributed by atoms with Crippen molar-refractivity contribution in [1.82, 2.24) is 4.90 Å². The van der Waals surface area contributed by atoms with E-state index >= 15 is 0 Å². The maximum atomic E-state index is 12.7. The van der Waals surface area contributed by atoms with Crippen molar-refractivity contribution < 1.29 is 19.1 Å². The van der Waals surface area contributed by atoms with Crippen LogP contribution in [0.5, 0.6) is 0 Å². The average molecular weight is 458 g/mol. The molecule has 1 aliphatic carbocycles. The first-order valence-corrected chi connectivity index (χ1v) is 10.9. The van der Waals surface area contributed by atoms with E-state index in [0.717, 1.165) is 29.7 Å². The number of methoxy groups -OCH3 is 1. The third kappa shape index (κ3) is 6.31. The van der Waals surface area contributed by atoms with Crippen LogP contribution in [0.25, 0.3) is 0 Å². The molecule has 0 atom stereocenters. The molecule has 1 aliphatic rings. The van der Waals surface area contributed by atoms with Gasteiger partial charge in [-0.25, -0.2) is 4.79 Å². The van der Waals surface area contributed by atoms with Crippen LogP contribution in [0.3, 0.4) is 0 Å². The summed E-state index contributed by atoms with van der Waals surface area (Å²) < 4.78 is 4.70. The van der Waals surface area contributed by atoms with Crippen molar-refractivity contribution in [3.8, 4) is 0 Å². The van der Waals surface area contributed by atoms with E-state index in [1.54, 1.807) is 0 Å². The van der Waals surface area contributed by atoms with Gasteiger partial charge in [0.1, 0.15) is 0 Å². The number of hydrogen-bond acceptors (Lipinski definition) is 5. The summed E-state index contributed by atoms with van der Waals surface area (Å²) >= 11 is 6.15. The number of amides is 2. The molecule has 0 aliphatic heterocycles. The standard InChI is InChI=1S/C24H28ClN3O4/c1-15-5-4-6-16(2)23(15)27-22(30)14-28(18-8-9-18)12-11-21(29)26-20-13-17(24(31)32-3)7-10-19(20)25/h4-7,10,13,18H,8-9,11-12,14H2,1-3H3,(H,26,29)(H,27,30). The lowest BCUT2D eigenvalue weighted by molar-refractivity contribution is -0.119. The van der Waals surface area contributed by atoms with Crippen molar-refractivity contribution in [1.29, 1.82) is 0 Å². The summed E-state index contributed by atoms with van der Waals surface area (Å²) in [7, 11) is 1.29. The van der Waals surface area contributed by atoms with Gasteiger partial charge in [0.15, 0.2) is 0 Å². The van der Waals surface area contributed by atoms with E-state index in [2.05, 4.69) is 10.6 Å². The van der Waals surface area contributed by atoms with Crippen molar-refractivity contribution in [2.75, 3.05) is 30.8 Å². The average Bonchev–Trinajstić information content (AvgIpc) is 3.60. The van der Waals surface area contributed by atoms with Crippen molar-refractivity contribution in [3.63, 3.8) is 0 Å². The normalized spacial score (nSPS) is 13.0. The number of hydrogen-bond donors (Lipinski definition) is 2. The van der Waals surface area contributed by atoms with Gasteiger partial charge in [0.25, 0.3) is 0 Å². The number of nitrogens with zero attached hydrogens (tertiary/aromatic N) is 1. The number of ether oxygens (including phenoxy) is 1. The highest BCUT2D eigenvalue weighted by Crippen LogP contribution is 2.28. The molecule has 0 bridgehead atoms. The van der Waals surface area contributed by atoms with Gasteiger partial charge < -0.3 is 15.4 Å². The van der Waals surface area contributed by atoms with Crippen LogP contribution >= 0.6 is 11.6 Å². The molecule has 2 aromatic rings. The number of carbonyl (C=O) groups excluding carboxylic acids is 3. The van der Waals surface area contributed by atoms with E-state index in [-0.39, 0.29) is 24.8 Å². The lowest BCUT2D eigenvalue weighted by Gasteiger charge is -2.22. The summed E-state index contributed by atoms with van der Waals surface area (Å²) in [4.78, 5) is 38.9. The van der Waals surface area contributed by atoms with Crippen LogP contribution in [0.2, 0.25) is 5.02 Å². The van der Waals surface area contributed by atoms with Crippen molar-refractivity contribution in [3.05, 3.63) is 58.1 Å². The molecule has 0 heterocycles. The van der Waals surface area contributed by atoms with Crippen molar-refractivity contribution in [2.24, 2.45) is 0 Å². The lowest BCUT2D eigenvalue weighted by Crippen LogP contribution is -2.37. The minimum atomic E-state index is -0.507. The number of aryl methyl sites for hydroxylation is 2. The lowest BCUT2D eigenvalue weighted by atomic mass is 10.1. The Balaban J connectivity index is 1.56. The Morgan fingerprint density at radius 2 is 1.75 bits per heavy atom. The SMILES string of the molecule is COC(=O)c1ccc(Cl)c(NC(=O)CCN(CC(=O)Nc2c(C)cccc2C)C2CC2)c1. The van der Waals surface area contributed by atoms with Gasteiger partial charge in [-0.2, -0.15) is 0 Å². The quantitative estimate of drug-likeness (QED) is 0.551. The number of nitrogens with one attached hydrogen (secondary N) is 2. The van der Waals surface area contributed by atoms with Gasteiger partial charge in [-0.1, -0.05) is 29.8 Å². The molecule has 170 valence electrons. The van der Waals surface area contributed by atoms with E-state index in [4.69, 9.17) is 16.3 Å². The van der Waals surface area contributed by atoms with Crippen LogP contribution in [0.4, 0.5) is 11.4 Å². The zero-order valence-corrected chi connectivity index (χ0v) is 19.3. The number of esters is 1. The van der Waals surface area contributed by atoms with E-state index in [9.17, 15) is 14.4 Å². The first-order valence-electron chi connectivity index (χ1n) is 10.6. The zero-order chi connectivity index (χ0) is 23.3. The maximum absolute atomic E-state index is 12.7. The monoisotopic (exact) mass is 457 g/mol. The zero-order valence-electron chi connectivity index (χ0n) is 18.5. The minimum absolute atomic E-state index is 0.0940. The predicted octanol–water partition coefficient (Wildman–Crippen LogP) is 4.18. The highest BCUT2D eigenvalue weighted by atomic mass is 35.5. The highest BCUT2D eigenvalue weighted by Gasteiger charge is 2.30. The fourth-order valence-corrected chi connectivity index (χ4v) is 3.69. The largest absolute Gasteiger partial charge is 0.465 e. The third-order valence-corrected chi connectivity index (χ3v) is 5.77. The smallest absolute Gasteiger partial charge is 0.337 e. The Kier molecular flexibility index (Phi) is 7.88. The summed E-state index contributed by atoms with van der Waals surface area (Å²) in [5, 5.41) is 6.08. The molecule has 2 N–H and O–H groups in total. The highest BCUT2D eigenvalue weighted by molar-refractivity contribution is 6.33. The Labute approximate surface area is 193 Å². The van der Waals surface area contributed by atoms with Gasteiger partial charge in [0.05, 0.1) is 29.9 Å². The fourth-order valence-electron chi connectivity index (χ4n) is 3.53. The molecule has 7 nitrogen and oxygen atoms in total. The molecule has 32 heavy (non-hydrogen) atoms. The first-order chi connectivity index (χ1) is 15.3. The van der Waals surface area contributed by atoms with Crippen LogP contribution in [0, 0.1) is 13.8 Å². The molecule has 0 unspecified atom stereocenters. The van der Waals surface area contributed by atoms with Crippen molar-refractivity contribution in [2.45, 2.75) is 39.2 Å². The van der Waals surface area contributed by atoms with E-state index in [1.807, 2.05) is 36.9 Å². The minimum Gasteiger partial charge on any atom is -0.465 e. The molecule has 1 fully saturated rings. The molecule has 0 spiro atoms. The second-order valence-electron chi connectivity index (χ2n) is 8.00. The molecule has 8 heteroatoms. The Morgan fingerprint density at radius 1 is 1.06 bits per heavy atom. The number of halogens is 1. The second kappa shape index (κ2) is 10.6. The summed E-state index contributed by atoms with van der Waals surface area (Å²) in [5.74, 6) is -0.842. The number of anilines is 2. The maximum Gasteiger partial charge on any atom is 0.337 e. The van der Waals surface area contributed by atoms with Gasteiger partial charge in [0.2, 0.25) is 11.8 Å². The van der Waals surface area contributed by atoms with Gasteiger partial charge >= 0.3 is 5.97 Å². The van der Waals surface area contributed by atoms with Crippen LogP contribution in [0.1, 0.15) is 40.7 Å². The summed E-state index contributed by atoms with van der Waals surface area (Å²) in [6.07, 6.45) is 2.24. The molecule has 1 saturated carbocycles. The molecule has 3 rings (SSSR count). The Morgan fingerprint density at radius 3 is 2.38 bits per heavy atom. The van der Waals surface area contributed by atoms with Gasteiger partial charge in [-0.05, 0) is 56.0 Å². The van der Waals surface area contributed by atoms with Gasteiger partial charge in [0, 0.05) is 24.7 Å². The Hall–Kier alpha value is -2.90. The van der Waals surface area contributed by atoms with E-state index in [1.165, 1.54) is 25.3 Å². The van der Waals surface area contributed by atoms with E-state index in [0.29, 0.717) is 28.9 Å². The first kappa shape index (κ1) is 23.8. The molecule has 0 radical (unpaired) electrons. The molecule has 0 aromatic heterocycles. The van der Waals surface area contributed by atoms with Gasteiger partial charge in [-0.3, -0.25) is 14.5 Å². The Bertz CT molecular complexity index is 1000. The fraction of sp³-hybridized carbons (Fsp3) is 0.375. The van der Waals surface area contributed by atoms with Crippen molar-refractivity contribution >= 4 is 40.8 Å². The number of benzene rings is 2. The third-order valence-electron chi connectivity index (χ3n) is 5.44. The topological polar surface area (TPSA) is 87.7 Å². The molecule has 0 saturated heterocycles. The molecular formula is C24H28ClN3O4. The number of para-hydroxylation sites is 1. The predicted molar refractivity (Wildman–Crippen MR) is 125 cm³/mol. The summed E-state index contributed by atoms with van der Waals surface area (Å²) in [5.41, 5.74) is 3.52. The number of carbonyl (C=O) groups is 3. The molecule has 2 aromatic carbocycles. The van der Waals surface area contributed by atoms with Crippen LogP contribution in [-0.4, -0.2) is 48.9 Å². The van der Waals surface area contributed by atoms with Crippen LogP contribution in [0.15, 0.2) is 36.4 Å². The molecule has 2 amide bonds. The van der Waals surface area contributed by atoms with Crippen LogP contribution < -0.4 is 10.6 Å². The second-order valence-corrected chi connectivity index (χ2v) is 8.41. The number of rotatable bonds is 9. The summed E-state index contributed by atoms with van der Waals surface area (Å²) in [6, 6.07) is 10.8. The molecular weight excluding hydrogens is 430 g/mol. The van der Waals surface area contributed by atoms with Crippen LogP contribution in [-0.2, 0) is 14.3 Å². The van der Waals surface area contributed by atoms with Gasteiger partial charge in [-0.15, -0.1) is 0 Å². The summed E-state index contributed by atoms with van der Waals surface area (Å²) in [6.45, 7) is 4.60. The van der Waals surface area contributed by atoms with E-state index < -0.39 is 5.97 Å².